The van der Waals surface area contributed by atoms with Gasteiger partial charge in [-0.25, -0.2) is 8.42 Å². The summed E-state index contributed by atoms with van der Waals surface area (Å²) in [5.41, 5.74) is -0.407. The van der Waals surface area contributed by atoms with Crippen molar-refractivity contribution < 1.29 is 8.42 Å². The fourth-order valence-corrected chi connectivity index (χ4v) is 3.91. The SMILES string of the molecule is CCC(C)(C)N(C)S(=O)(=O)c1cccc2ccccc12. The highest BCUT2D eigenvalue weighted by Crippen LogP contribution is 2.29. The van der Waals surface area contributed by atoms with Gasteiger partial charge in [-0.2, -0.15) is 4.31 Å². The molecule has 0 amide bonds. The number of rotatable bonds is 4. The van der Waals surface area contributed by atoms with Crippen molar-refractivity contribution in [3.05, 3.63) is 42.5 Å². The Labute approximate surface area is 121 Å². The van der Waals surface area contributed by atoms with Crippen molar-refractivity contribution in [3.8, 4) is 0 Å². The third-order valence-corrected chi connectivity index (χ3v) is 6.23. The fraction of sp³-hybridized carbons (Fsp3) is 0.375. The average molecular weight is 291 g/mol. The van der Waals surface area contributed by atoms with Crippen LogP contribution in [0.15, 0.2) is 47.4 Å². The minimum absolute atomic E-state index is 0.375. The van der Waals surface area contributed by atoms with Gasteiger partial charge in [-0.05, 0) is 31.7 Å². The van der Waals surface area contributed by atoms with Gasteiger partial charge in [0.2, 0.25) is 10.0 Å². The van der Waals surface area contributed by atoms with Crippen molar-refractivity contribution in [2.24, 2.45) is 0 Å². The molecule has 0 aliphatic heterocycles. The summed E-state index contributed by atoms with van der Waals surface area (Å²) >= 11 is 0. The summed E-state index contributed by atoms with van der Waals surface area (Å²) in [7, 11) is -1.85. The summed E-state index contributed by atoms with van der Waals surface area (Å²) in [6.45, 7) is 5.88. The third kappa shape index (κ3) is 2.45. The normalized spacial score (nSPS) is 13.1. The zero-order chi connectivity index (χ0) is 15.0. The first-order chi connectivity index (χ1) is 9.30. The minimum Gasteiger partial charge on any atom is -0.207 e. The first-order valence-electron chi connectivity index (χ1n) is 6.77. The van der Waals surface area contributed by atoms with E-state index < -0.39 is 15.6 Å². The molecule has 2 rings (SSSR count). The number of benzene rings is 2. The highest BCUT2D eigenvalue weighted by atomic mass is 32.2. The first-order valence-corrected chi connectivity index (χ1v) is 8.21. The van der Waals surface area contributed by atoms with Gasteiger partial charge in [0, 0.05) is 18.0 Å². The summed E-state index contributed by atoms with van der Waals surface area (Å²) in [4.78, 5) is 0.375. The molecule has 2 aromatic rings. The zero-order valence-corrected chi connectivity index (χ0v) is 13.2. The van der Waals surface area contributed by atoms with Crippen molar-refractivity contribution in [3.63, 3.8) is 0 Å². The largest absolute Gasteiger partial charge is 0.243 e. The van der Waals surface area contributed by atoms with Gasteiger partial charge in [-0.3, -0.25) is 0 Å². The van der Waals surface area contributed by atoms with Crippen molar-refractivity contribution in [2.75, 3.05) is 7.05 Å². The number of hydrogen-bond acceptors (Lipinski definition) is 2. The molecular formula is C16H21NO2S. The van der Waals surface area contributed by atoms with Crippen LogP contribution in [-0.2, 0) is 10.0 Å². The lowest BCUT2D eigenvalue weighted by molar-refractivity contribution is 0.257. The molecule has 0 heterocycles. The lowest BCUT2D eigenvalue weighted by Crippen LogP contribution is -2.44. The van der Waals surface area contributed by atoms with Gasteiger partial charge >= 0.3 is 0 Å². The van der Waals surface area contributed by atoms with Gasteiger partial charge in [0.05, 0.1) is 4.90 Å². The summed E-state index contributed by atoms with van der Waals surface area (Å²) in [6.07, 6.45) is 0.757. The van der Waals surface area contributed by atoms with Gasteiger partial charge in [0.25, 0.3) is 0 Å². The highest BCUT2D eigenvalue weighted by molar-refractivity contribution is 7.89. The Kier molecular flexibility index (Phi) is 3.89. The second-order valence-electron chi connectivity index (χ2n) is 5.62. The average Bonchev–Trinajstić information content (AvgIpc) is 2.45. The molecule has 0 aromatic heterocycles. The molecule has 0 saturated carbocycles. The molecule has 0 aliphatic rings. The molecule has 2 aromatic carbocycles. The van der Waals surface area contributed by atoms with E-state index in [1.807, 2.05) is 51.1 Å². The Balaban J connectivity index is 2.64. The van der Waals surface area contributed by atoms with Crippen molar-refractivity contribution in [1.29, 1.82) is 0 Å². The van der Waals surface area contributed by atoms with E-state index in [9.17, 15) is 8.42 Å². The monoisotopic (exact) mass is 291 g/mol. The Hall–Kier alpha value is -1.39. The number of fused-ring (bicyclic) bond motifs is 1. The molecule has 0 spiro atoms. The molecule has 0 unspecified atom stereocenters. The number of nitrogens with zero attached hydrogens (tertiary/aromatic N) is 1. The van der Waals surface area contributed by atoms with Crippen molar-refractivity contribution in [1.82, 2.24) is 4.31 Å². The Morgan fingerprint density at radius 1 is 1.05 bits per heavy atom. The Bertz CT molecular complexity index is 715. The Morgan fingerprint density at radius 2 is 1.65 bits per heavy atom. The van der Waals surface area contributed by atoms with Gasteiger partial charge in [0.15, 0.2) is 0 Å². The van der Waals surface area contributed by atoms with E-state index in [1.54, 1.807) is 19.2 Å². The van der Waals surface area contributed by atoms with E-state index in [4.69, 9.17) is 0 Å². The first kappa shape index (κ1) is 15.0. The third-order valence-electron chi connectivity index (χ3n) is 4.11. The van der Waals surface area contributed by atoms with Crippen LogP contribution in [0.25, 0.3) is 10.8 Å². The predicted octanol–water partition coefficient (Wildman–Crippen LogP) is 3.65. The smallest absolute Gasteiger partial charge is 0.207 e. The molecule has 4 heteroatoms. The van der Waals surface area contributed by atoms with E-state index in [1.165, 1.54) is 4.31 Å². The van der Waals surface area contributed by atoms with Crippen LogP contribution in [-0.4, -0.2) is 25.3 Å². The maximum atomic E-state index is 12.9. The van der Waals surface area contributed by atoms with Crippen molar-refractivity contribution >= 4 is 20.8 Å². The predicted molar refractivity (Wildman–Crippen MR) is 83.3 cm³/mol. The van der Waals surface area contributed by atoms with Crippen LogP contribution < -0.4 is 0 Å². The van der Waals surface area contributed by atoms with Crippen LogP contribution in [0.4, 0.5) is 0 Å². The van der Waals surface area contributed by atoms with Gasteiger partial charge in [-0.15, -0.1) is 0 Å². The molecule has 0 radical (unpaired) electrons. The highest BCUT2D eigenvalue weighted by Gasteiger charge is 2.33. The molecule has 0 aliphatic carbocycles. The van der Waals surface area contributed by atoms with Gasteiger partial charge in [0.1, 0.15) is 0 Å². The maximum Gasteiger partial charge on any atom is 0.243 e. The van der Waals surface area contributed by atoms with E-state index in [2.05, 4.69) is 0 Å². The minimum atomic E-state index is -3.50. The van der Waals surface area contributed by atoms with E-state index in [-0.39, 0.29) is 0 Å². The molecule has 108 valence electrons. The van der Waals surface area contributed by atoms with Crippen molar-refractivity contribution in [2.45, 2.75) is 37.6 Å². The van der Waals surface area contributed by atoms with Gasteiger partial charge < -0.3 is 0 Å². The standard InChI is InChI=1S/C16H21NO2S/c1-5-16(2,3)17(4)20(18,19)15-12-8-10-13-9-6-7-11-14(13)15/h6-12H,5H2,1-4H3. The van der Waals surface area contributed by atoms with Crippen LogP contribution >= 0.6 is 0 Å². The summed E-state index contributed by atoms with van der Waals surface area (Å²) in [5.74, 6) is 0. The summed E-state index contributed by atoms with van der Waals surface area (Å²) in [6, 6.07) is 13.0. The Morgan fingerprint density at radius 3 is 2.30 bits per heavy atom. The lowest BCUT2D eigenvalue weighted by atomic mass is 10.0. The topological polar surface area (TPSA) is 37.4 Å². The lowest BCUT2D eigenvalue weighted by Gasteiger charge is -2.34. The zero-order valence-electron chi connectivity index (χ0n) is 12.4. The van der Waals surface area contributed by atoms with Crippen LogP contribution in [0.3, 0.4) is 0 Å². The van der Waals surface area contributed by atoms with Crippen LogP contribution in [0.5, 0.6) is 0 Å². The molecular weight excluding hydrogens is 270 g/mol. The van der Waals surface area contributed by atoms with E-state index in [0.29, 0.717) is 4.90 Å². The van der Waals surface area contributed by atoms with E-state index in [0.717, 1.165) is 17.2 Å². The van der Waals surface area contributed by atoms with Gasteiger partial charge in [-0.1, -0.05) is 43.3 Å². The number of hydrogen-bond donors (Lipinski definition) is 0. The molecule has 0 atom stereocenters. The molecule has 0 fully saturated rings. The van der Waals surface area contributed by atoms with Crippen LogP contribution in [0, 0.1) is 0 Å². The fourth-order valence-electron chi connectivity index (χ4n) is 2.12. The quantitative estimate of drug-likeness (QED) is 0.862. The molecule has 0 N–H and O–H groups in total. The summed E-state index contributed by atoms with van der Waals surface area (Å²) < 4.78 is 27.2. The number of sulfonamides is 1. The second-order valence-corrected chi connectivity index (χ2v) is 7.55. The maximum absolute atomic E-state index is 12.9. The van der Waals surface area contributed by atoms with Crippen LogP contribution in [0.2, 0.25) is 0 Å². The molecule has 0 saturated heterocycles. The summed E-state index contributed by atoms with van der Waals surface area (Å²) in [5, 5.41) is 1.71. The molecule has 0 bridgehead atoms. The second kappa shape index (κ2) is 5.19. The van der Waals surface area contributed by atoms with E-state index >= 15 is 0 Å². The van der Waals surface area contributed by atoms with Crippen LogP contribution in [0.1, 0.15) is 27.2 Å². The molecule has 3 nitrogen and oxygen atoms in total. The molecule has 20 heavy (non-hydrogen) atoms.